The molecule has 114 valence electrons. The Morgan fingerprint density at radius 3 is 2.38 bits per heavy atom. The van der Waals surface area contributed by atoms with E-state index in [1.54, 1.807) is 14.0 Å². The summed E-state index contributed by atoms with van der Waals surface area (Å²) in [7, 11) is 2.96. The molecular weight excluding hydrogens is 355 g/mol. The van der Waals surface area contributed by atoms with Gasteiger partial charge in [0.25, 0.3) is 5.91 Å². The van der Waals surface area contributed by atoms with E-state index in [0.717, 1.165) is 4.68 Å². The number of carbonyl (C=O) groups is 1. The van der Waals surface area contributed by atoms with Crippen molar-refractivity contribution in [2.24, 2.45) is 14.1 Å². The molecule has 2 heterocycles. The van der Waals surface area contributed by atoms with Gasteiger partial charge < -0.3 is 5.32 Å². The quantitative estimate of drug-likeness (QED) is 0.888. The van der Waals surface area contributed by atoms with Crippen LogP contribution in [-0.2, 0) is 20.3 Å². The number of aromatic nitrogens is 4. The van der Waals surface area contributed by atoms with Crippen molar-refractivity contribution in [1.29, 1.82) is 0 Å². The molecule has 2 rings (SSSR count). The lowest BCUT2D eigenvalue weighted by Crippen LogP contribution is -2.17. The van der Waals surface area contributed by atoms with Crippen molar-refractivity contribution in [3.8, 4) is 0 Å². The van der Waals surface area contributed by atoms with Gasteiger partial charge in [-0.15, -0.1) is 0 Å². The van der Waals surface area contributed by atoms with Gasteiger partial charge in [-0.3, -0.25) is 14.2 Å². The molecule has 2 aromatic heterocycles. The molecule has 0 radical (unpaired) electrons. The Morgan fingerprint density at radius 1 is 1.33 bits per heavy atom. The minimum absolute atomic E-state index is 0.217. The molecule has 0 aromatic carbocycles. The predicted octanol–water partition coefficient (Wildman–Crippen LogP) is 2.50. The van der Waals surface area contributed by atoms with Crippen LogP contribution in [-0.4, -0.2) is 25.5 Å². The van der Waals surface area contributed by atoms with Gasteiger partial charge in [0, 0.05) is 14.1 Å². The average Bonchev–Trinajstić information content (AvgIpc) is 2.83. The maximum atomic E-state index is 12.7. The van der Waals surface area contributed by atoms with Crippen molar-refractivity contribution in [2.45, 2.75) is 13.1 Å². The second-order valence-electron chi connectivity index (χ2n) is 4.35. The van der Waals surface area contributed by atoms with Crippen molar-refractivity contribution in [2.75, 3.05) is 5.32 Å². The van der Waals surface area contributed by atoms with Crippen molar-refractivity contribution in [3.05, 3.63) is 27.8 Å². The summed E-state index contributed by atoms with van der Waals surface area (Å²) in [5.74, 6) is -0.705. The fraction of sp³-hybridized carbons (Fsp3) is 0.364. The second-order valence-corrected chi connectivity index (χ2v) is 5.15. The molecule has 0 spiro atoms. The van der Waals surface area contributed by atoms with Gasteiger partial charge in [0.1, 0.15) is 5.69 Å². The summed E-state index contributed by atoms with van der Waals surface area (Å²) in [6, 6.07) is 0. The topological polar surface area (TPSA) is 64.7 Å². The van der Waals surface area contributed by atoms with Crippen LogP contribution in [0.15, 0.2) is 10.7 Å². The van der Waals surface area contributed by atoms with E-state index in [0.29, 0.717) is 11.4 Å². The van der Waals surface area contributed by atoms with Gasteiger partial charge in [-0.25, -0.2) is 0 Å². The number of hydrogen-bond acceptors (Lipinski definition) is 3. The zero-order chi connectivity index (χ0) is 15.9. The first kappa shape index (κ1) is 15.5. The van der Waals surface area contributed by atoms with E-state index in [4.69, 9.17) is 0 Å². The van der Waals surface area contributed by atoms with Crippen LogP contribution in [0.1, 0.15) is 21.9 Å². The zero-order valence-corrected chi connectivity index (χ0v) is 12.9. The highest BCUT2D eigenvalue weighted by atomic mass is 79.9. The first-order valence-corrected chi connectivity index (χ1v) is 6.52. The monoisotopic (exact) mass is 365 g/mol. The summed E-state index contributed by atoms with van der Waals surface area (Å²) in [6.45, 7) is 1.72. The first-order valence-electron chi connectivity index (χ1n) is 5.72. The van der Waals surface area contributed by atoms with Gasteiger partial charge in [-0.1, -0.05) is 0 Å². The number of carbonyl (C=O) groups excluding carboxylic acids is 1. The molecule has 0 saturated heterocycles. The lowest BCUT2D eigenvalue weighted by molar-refractivity contribution is -0.142. The van der Waals surface area contributed by atoms with E-state index < -0.39 is 22.3 Å². The molecule has 0 aliphatic heterocycles. The molecule has 2 aromatic rings. The van der Waals surface area contributed by atoms with Crippen molar-refractivity contribution in [1.82, 2.24) is 19.6 Å². The highest BCUT2D eigenvalue weighted by Gasteiger charge is 2.39. The molecule has 21 heavy (non-hydrogen) atoms. The highest BCUT2D eigenvalue weighted by molar-refractivity contribution is 9.10. The normalized spacial score (nSPS) is 11.8. The molecule has 6 nitrogen and oxygen atoms in total. The van der Waals surface area contributed by atoms with Crippen LogP contribution >= 0.6 is 15.9 Å². The maximum Gasteiger partial charge on any atom is 0.436 e. The average molecular weight is 366 g/mol. The van der Waals surface area contributed by atoms with Crippen LogP contribution in [0, 0.1) is 6.92 Å². The Hall–Kier alpha value is -1.84. The van der Waals surface area contributed by atoms with Crippen LogP contribution in [0.3, 0.4) is 0 Å². The number of anilines is 1. The molecule has 0 aliphatic carbocycles. The van der Waals surface area contributed by atoms with Crippen molar-refractivity contribution in [3.63, 3.8) is 0 Å². The summed E-state index contributed by atoms with van der Waals surface area (Å²) >= 11 is 2.79. The molecule has 10 heteroatoms. The van der Waals surface area contributed by atoms with E-state index in [1.165, 1.54) is 17.9 Å². The highest BCUT2D eigenvalue weighted by Crippen LogP contribution is 2.35. The molecular formula is C11H11BrF3N5O. The molecule has 0 aliphatic rings. The Balaban J connectivity index is 2.36. The third kappa shape index (κ3) is 2.80. The van der Waals surface area contributed by atoms with Crippen LogP contribution < -0.4 is 5.32 Å². The third-order valence-corrected chi connectivity index (χ3v) is 3.71. The Bertz CT molecular complexity index is 704. The number of hydrogen-bond donors (Lipinski definition) is 1. The summed E-state index contributed by atoms with van der Waals surface area (Å²) < 4.78 is 40.3. The van der Waals surface area contributed by atoms with Crippen LogP contribution in [0.2, 0.25) is 0 Å². The number of amides is 1. The van der Waals surface area contributed by atoms with E-state index >= 15 is 0 Å². The van der Waals surface area contributed by atoms with Crippen LogP contribution in [0.5, 0.6) is 0 Å². The second kappa shape index (κ2) is 5.17. The van der Waals surface area contributed by atoms with Crippen LogP contribution in [0.4, 0.5) is 18.9 Å². The summed E-state index contributed by atoms with van der Waals surface area (Å²) in [5, 5.41) is 9.79. The van der Waals surface area contributed by atoms with E-state index in [2.05, 4.69) is 31.4 Å². The minimum atomic E-state index is -4.64. The van der Waals surface area contributed by atoms with Crippen LogP contribution in [0.25, 0.3) is 0 Å². The Labute approximate surface area is 126 Å². The Kier molecular flexibility index (Phi) is 3.83. The molecule has 0 unspecified atom stereocenters. The summed E-state index contributed by atoms with van der Waals surface area (Å²) in [5.41, 5.74) is -0.259. The first-order chi connectivity index (χ1) is 9.62. The standard InChI is InChI=1S/C11H11BrF3N5O/c1-5-6(4-16-19(5)2)17-10(21)8-7(12)9(11(13,14)15)18-20(8)3/h4H,1-3H3,(H,17,21). The van der Waals surface area contributed by atoms with Crippen molar-refractivity contribution < 1.29 is 18.0 Å². The molecule has 0 bridgehead atoms. The van der Waals surface area contributed by atoms with Gasteiger partial charge in [-0.05, 0) is 22.9 Å². The lowest BCUT2D eigenvalue weighted by Gasteiger charge is -2.05. The van der Waals surface area contributed by atoms with E-state index in [1.807, 2.05) is 0 Å². The van der Waals surface area contributed by atoms with Crippen molar-refractivity contribution >= 4 is 27.5 Å². The SMILES string of the molecule is Cc1c(NC(=O)c2c(Br)c(C(F)(F)F)nn2C)cnn1C. The number of alkyl halides is 3. The third-order valence-electron chi connectivity index (χ3n) is 2.96. The predicted molar refractivity (Wildman–Crippen MR) is 71.8 cm³/mol. The van der Waals surface area contributed by atoms with E-state index in [9.17, 15) is 18.0 Å². The largest absolute Gasteiger partial charge is 0.436 e. The van der Waals surface area contributed by atoms with Gasteiger partial charge in [-0.2, -0.15) is 23.4 Å². The number of nitrogens with one attached hydrogen (secondary N) is 1. The zero-order valence-electron chi connectivity index (χ0n) is 11.3. The molecule has 1 amide bonds. The molecule has 0 fully saturated rings. The number of nitrogens with zero attached hydrogens (tertiary/aromatic N) is 4. The molecule has 1 N–H and O–H groups in total. The minimum Gasteiger partial charge on any atom is -0.318 e. The van der Waals surface area contributed by atoms with Gasteiger partial charge in [0.2, 0.25) is 0 Å². The molecule has 0 atom stereocenters. The smallest absolute Gasteiger partial charge is 0.318 e. The fourth-order valence-corrected chi connectivity index (χ4v) is 2.47. The Morgan fingerprint density at radius 2 is 1.95 bits per heavy atom. The number of halogens is 4. The van der Waals surface area contributed by atoms with Gasteiger partial charge in [0.15, 0.2) is 5.69 Å². The number of aryl methyl sites for hydroxylation is 2. The summed E-state index contributed by atoms with van der Waals surface area (Å²) in [4.78, 5) is 12.2. The van der Waals surface area contributed by atoms with Gasteiger partial charge in [0.05, 0.1) is 22.1 Å². The lowest BCUT2D eigenvalue weighted by atomic mass is 10.3. The fourth-order valence-electron chi connectivity index (χ4n) is 1.73. The maximum absolute atomic E-state index is 12.7. The number of rotatable bonds is 2. The van der Waals surface area contributed by atoms with E-state index in [-0.39, 0.29) is 5.69 Å². The van der Waals surface area contributed by atoms with Gasteiger partial charge >= 0.3 is 6.18 Å². The molecule has 0 saturated carbocycles. The summed E-state index contributed by atoms with van der Waals surface area (Å²) in [6.07, 6.45) is -3.22.